The van der Waals surface area contributed by atoms with Crippen LogP contribution in [0.2, 0.25) is 0 Å². The molecule has 0 amide bonds. The molecule has 0 radical (unpaired) electrons. The van der Waals surface area contributed by atoms with Gasteiger partial charge in [-0.2, -0.15) is 0 Å². The standard InChI is InChI=1S/C18H22N4.H2NO3/c19-18(20)21-9-10-22-12-16-7-3-1-5-14(16)11-15-6-2-4-8-17(15)13-22;2-1(3)4/h1-8H,9-13H2,(H4,19,20,21);(H2,2,3,4)/q;+1. The second kappa shape index (κ2) is 9.38. The van der Waals surface area contributed by atoms with Gasteiger partial charge in [0, 0.05) is 19.6 Å². The molecule has 26 heavy (non-hydrogen) atoms. The van der Waals surface area contributed by atoms with Gasteiger partial charge in [-0.05, 0) is 28.7 Å². The molecular formula is C18H24N5O3+. The molecule has 8 heteroatoms. The summed E-state index contributed by atoms with van der Waals surface area (Å²) >= 11 is 0. The van der Waals surface area contributed by atoms with E-state index in [2.05, 4.69) is 58.4 Å². The first-order valence-electron chi connectivity index (χ1n) is 8.22. The number of aliphatic imine (C=N–C) groups is 1. The third kappa shape index (κ3) is 6.06. The van der Waals surface area contributed by atoms with Gasteiger partial charge in [-0.3, -0.25) is 9.89 Å². The number of nitrogens with zero attached hydrogens (tertiary/aromatic N) is 3. The van der Waals surface area contributed by atoms with E-state index in [-0.39, 0.29) is 5.96 Å². The Labute approximate surface area is 151 Å². The van der Waals surface area contributed by atoms with E-state index >= 15 is 0 Å². The van der Waals surface area contributed by atoms with Crippen molar-refractivity contribution in [1.29, 1.82) is 0 Å². The smallest absolute Gasteiger partial charge is 0.370 e. The van der Waals surface area contributed by atoms with Crippen LogP contribution in [-0.4, -0.2) is 39.5 Å². The Kier molecular flexibility index (Phi) is 6.92. The molecule has 8 nitrogen and oxygen atoms in total. The molecule has 138 valence electrons. The molecule has 0 aromatic heterocycles. The van der Waals surface area contributed by atoms with Crippen molar-refractivity contribution in [2.45, 2.75) is 19.5 Å². The summed E-state index contributed by atoms with van der Waals surface area (Å²) in [5.41, 5.74) is 16.4. The molecule has 1 aliphatic heterocycles. The van der Waals surface area contributed by atoms with Crippen LogP contribution in [0, 0.1) is 4.91 Å². The maximum absolute atomic E-state index is 8.47. The lowest BCUT2D eigenvalue weighted by Gasteiger charge is -2.27. The molecule has 2 aromatic carbocycles. The van der Waals surface area contributed by atoms with Crippen molar-refractivity contribution >= 4 is 5.96 Å². The number of benzene rings is 2. The van der Waals surface area contributed by atoms with Crippen molar-refractivity contribution in [3.05, 3.63) is 75.7 Å². The SMILES string of the molecule is NC(N)=NCCN1Cc2ccccc2Cc2ccccc2C1.O=[N+](O)O. The van der Waals surface area contributed by atoms with Crippen LogP contribution in [0.15, 0.2) is 53.5 Å². The zero-order chi connectivity index (χ0) is 18.9. The molecule has 0 unspecified atom stereocenters. The minimum Gasteiger partial charge on any atom is -0.370 e. The van der Waals surface area contributed by atoms with Gasteiger partial charge >= 0.3 is 5.09 Å². The van der Waals surface area contributed by atoms with E-state index in [4.69, 9.17) is 26.8 Å². The molecule has 0 aliphatic carbocycles. The van der Waals surface area contributed by atoms with Gasteiger partial charge in [-0.25, -0.2) is 10.4 Å². The van der Waals surface area contributed by atoms with E-state index in [1.54, 1.807) is 0 Å². The van der Waals surface area contributed by atoms with E-state index in [1.165, 1.54) is 22.3 Å². The number of fused-ring (bicyclic) bond motifs is 2. The van der Waals surface area contributed by atoms with Gasteiger partial charge in [0.05, 0.1) is 6.54 Å². The maximum atomic E-state index is 8.47. The first-order chi connectivity index (χ1) is 12.5. The fourth-order valence-electron chi connectivity index (χ4n) is 2.99. The van der Waals surface area contributed by atoms with Crippen molar-refractivity contribution < 1.29 is 15.5 Å². The first-order valence-corrected chi connectivity index (χ1v) is 8.22. The molecule has 0 fully saturated rings. The van der Waals surface area contributed by atoms with Gasteiger partial charge in [-0.1, -0.05) is 48.5 Å². The van der Waals surface area contributed by atoms with Crippen molar-refractivity contribution in [2.24, 2.45) is 16.5 Å². The summed E-state index contributed by atoms with van der Waals surface area (Å²) in [5.74, 6) is 0.160. The quantitative estimate of drug-likeness (QED) is 0.373. The molecule has 1 heterocycles. The summed E-state index contributed by atoms with van der Waals surface area (Å²) in [6, 6.07) is 17.4. The molecule has 0 saturated heterocycles. The predicted molar refractivity (Wildman–Crippen MR) is 97.7 cm³/mol. The average molecular weight is 358 g/mol. The number of hydrogen-bond acceptors (Lipinski definition) is 3. The zero-order valence-electron chi connectivity index (χ0n) is 14.5. The van der Waals surface area contributed by atoms with Gasteiger partial charge in [-0.15, -0.1) is 0 Å². The summed E-state index contributed by atoms with van der Waals surface area (Å²) in [6.07, 6.45) is 1.01. The highest BCUT2D eigenvalue weighted by Gasteiger charge is 2.16. The molecule has 0 spiro atoms. The van der Waals surface area contributed by atoms with Crippen LogP contribution in [0.25, 0.3) is 0 Å². The lowest BCUT2D eigenvalue weighted by molar-refractivity contribution is -0.969. The van der Waals surface area contributed by atoms with Gasteiger partial charge in [0.15, 0.2) is 5.96 Å². The second-order valence-electron chi connectivity index (χ2n) is 5.98. The highest BCUT2D eigenvalue weighted by atomic mass is 16.9. The van der Waals surface area contributed by atoms with Crippen LogP contribution in [0.1, 0.15) is 22.3 Å². The van der Waals surface area contributed by atoms with Crippen molar-refractivity contribution in [2.75, 3.05) is 13.1 Å². The summed E-state index contributed by atoms with van der Waals surface area (Å²) in [7, 11) is 0. The fraction of sp³-hybridized carbons (Fsp3) is 0.278. The molecule has 0 bridgehead atoms. The van der Waals surface area contributed by atoms with E-state index in [0.717, 1.165) is 26.1 Å². The van der Waals surface area contributed by atoms with Crippen LogP contribution in [0.5, 0.6) is 0 Å². The lowest BCUT2D eigenvalue weighted by atomic mass is 9.94. The van der Waals surface area contributed by atoms with Crippen LogP contribution >= 0.6 is 0 Å². The highest BCUT2D eigenvalue weighted by Crippen LogP contribution is 2.23. The molecule has 0 saturated carbocycles. The number of guanidine groups is 1. The third-order valence-electron chi connectivity index (χ3n) is 4.12. The molecule has 2 aromatic rings. The zero-order valence-corrected chi connectivity index (χ0v) is 14.5. The Morgan fingerprint density at radius 1 is 0.962 bits per heavy atom. The third-order valence-corrected chi connectivity index (χ3v) is 4.12. The summed E-state index contributed by atoms with van der Waals surface area (Å²) < 4.78 is 0. The Morgan fingerprint density at radius 3 is 1.81 bits per heavy atom. The van der Waals surface area contributed by atoms with Gasteiger partial charge < -0.3 is 11.5 Å². The van der Waals surface area contributed by atoms with Crippen LogP contribution in [-0.2, 0) is 19.5 Å². The predicted octanol–water partition coefficient (Wildman–Crippen LogP) is 1.41. The summed E-state index contributed by atoms with van der Waals surface area (Å²) in [6.45, 7) is 3.35. The van der Waals surface area contributed by atoms with Crippen LogP contribution in [0.4, 0.5) is 0 Å². The van der Waals surface area contributed by atoms with E-state index in [1.807, 2.05) is 0 Å². The molecular weight excluding hydrogens is 334 g/mol. The Bertz CT molecular complexity index is 723. The maximum Gasteiger partial charge on any atom is 0.472 e. The van der Waals surface area contributed by atoms with Crippen molar-refractivity contribution in [3.8, 4) is 0 Å². The number of hydrogen-bond donors (Lipinski definition) is 4. The summed E-state index contributed by atoms with van der Waals surface area (Å²) in [4.78, 5) is 15.0. The number of nitrogens with two attached hydrogens (primary N) is 2. The van der Waals surface area contributed by atoms with Gasteiger partial charge in [0.1, 0.15) is 4.91 Å². The molecule has 6 N–H and O–H groups in total. The molecule has 0 atom stereocenters. The normalized spacial score (nSPS) is 13.1. The van der Waals surface area contributed by atoms with E-state index < -0.39 is 5.09 Å². The largest absolute Gasteiger partial charge is 0.472 e. The first kappa shape index (κ1) is 19.2. The topological polar surface area (TPSA) is 128 Å². The Balaban J connectivity index is 0.000000552. The molecule has 1 aliphatic rings. The molecule has 3 rings (SSSR count). The Morgan fingerprint density at radius 2 is 1.38 bits per heavy atom. The van der Waals surface area contributed by atoms with E-state index in [0.29, 0.717) is 6.54 Å². The van der Waals surface area contributed by atoms with Gasteiger partial charge in [0.25, 0.3) is 0 Å². The fourth-order valence-corrected chi connectivity index (χ4v) is 2.99. The van der Waals surface area contributed by atoms with Crippen LogP contribution in [0.3, 0.4) is 0 Å². The minimum absolute atomic E-state index is 0.160. The monoisotopic (exact) mass is 358 g/mol. The highest BCUT2D eigenvalue weighted by molar-refractivity contribution is 5.75. The average Bonchev–Trinajstić information content (AvgIpc) is 2.55. The van der Waals surface area contributed by atoms with E-state index in [9.17, 15) is 0 Å². The number of rotatable bonds is 3. The van der Waals surface area contributed by atoms with Crippen molar-refractivity contribution in [3.63, 3.8) is 0 Å². The minimum atomic E-state index is -1.25. The van der Waals surface area contributed by atoms with Gasteiger partial charge in [0.2, 0.25) is 0 Å². The van der Waals surface area contributed by atoms with Crippen LogP contribution < -0.4 is 11.5 Å². The van der Waals surface area contributed by atoms with Crippen molar-refractivity contribution in [1.82, 2.24) is 4.90 Å². The lowest BCUT2D eigenvalue weighted by Crippen LogP contribution is -2.30. The Hall–Kier alpha value is -3.13. The second-order valence-corrected chi connectivity index (χ2v) is 5.98. The summed E-state index contributed by atoms with van der Waals surface area (Å²) in [5, 5.41) is 12.5.